The monoisotopic (exact) mass is 680 g/mol. The zero-order valence-electron chi connectivity index (χ0n) is 30.3. The average molecular weight is 681 g/mol. The van der Waals surface area contributed by atoms with Gasteiger partial charge in [-0.3, -0.25) is 9.59 Å². The maximum absolute atomic E-state index is 13.4. The van der Waals surface area contributed by atoms with Gasteiger partial charge in [-0.05, 0) is 79.0 Å². The minimum absolute atomic E-state index is 0.166. The van der Waals surface area contributed by atoms with Crippen LogP contribution in [0.4, 0.5) is 0 Å². The van der Waals surface area contributed by atoms with Gasteiger partial charge in [0.05, 0.1) is 35.9 Å². The van der Waals surface area contributed by atoms with Gasteiger partial charge in [-0.15, -0.1) is 0 Å². The van der Waals surface area contributed by atoms with Crippen LogP contribution in [0.15, 0.2) is 30.3 Å². The second-order valence-electron chi connectivity index (χ2n) is 14.9. The number of hydrogen-bond donors (Lipinski definition) is 5. The Bertz CT molecular complexity index is 1200. The Balaban J connectivity index is 1.98. The molecule has 0 spiro atoms. The summed E-state index contributed by atoms with van der Waals surface area (Å²) in [6.07, 6.45) is -7.09. The number of likely N-dealkylation sites (N-methyl/N-ethyl adjacent to an activating group) is 2. The third-order valence-electron chi connectivity index (χ3n) is 10.6. The van der Waals surface area contributed by atoms with Crippen LogP contribution in [-0.2, 0) is 19.0 Å². The molecule has 48 heavy (non-hydrogen) atoms. The Labute approximate surface area is 286 Å². The summed E-state index contributed by atoms with van der Waals surface area (Å²) in [6, 6.07) is 7.54. The molecule has 1 amide bonds. The number of cyclic esters (lactones) is 1. The number of rotatable bonds is 5. The number of aliphatic hydroxyl groups is 5. The second kappa shape index (κ2) is 16.2. The Kier molecular flexibility index (Phi) is 13.6. The second-order valence-corrected chi connectivity index (χ2v) is 14.9. The smallest absolute Gasteiger partial charge is 0.311 e. The number of esters is 1. The molecule has 2 saturated heterocycles. The molecule has 0 aromatic heterocycles. The van der Waals surface area contributed by atoms with Crippen molar-refractivity contribution in [3.05, 3.63) is 35.9 Å². The minimum atomic E-state index is -1.79. The summed E-state index contributed by atoms with van der Waals surface area (Å²) in [7, 11) is 3.43. The van der Waals surface area contributed by atoms with E-state index in [9.17, 15) is 35.1 Å². The summed E-state index contributed by atoms with van der Waals surface area (Å²) in [6.45, 7) is 13.9. The van der Waals surface area contributed by atoms with E-state index < -0.39 is 84.0 Å². The van der Waals surface area contributed by atoms with Crippen LogP contribution in [0.25, 0.3) is 0 Å². The molecule has 2 heterocycles. The van der Waals surface area contributed by atoms with E-state index in [4.69, 9.17) is 14.2 Å². The number of aliphatic hydroxyl groups excluding tert-OH is 3. The van der Waals surface area contributed by atoms with Crippen LogP contribution < -0.4 is 0 Å². The molecule has 2 fully saturated rings. The highest BCUT2D eigenvalue weighted by Gasteiger charge is 2.50. The molecule has 1 aromatic rings. The van der Waals surface area contributed by atoms with Crippen molar-refractivity contribution < 1.29 is 49.3 Å². The zero-order valence-corrected chi connectivity index (χ0v) is 30.3. The van der Waals surface area contributed by atoms with Gasteiger partial charge in [-0.25, -0.2) is 0 Å². The molecule has 0 bridgehead atoms. The summed E-state index contributed by atoms with van der Waals surface area (Å²) in [5, 5.41) is 58.0. The Hall–Kier alpha value is -2.16. The van der Waals surface area contributed by atoms with Crippen molar-refractivity contribution in [1.29, 1.82) is 0 Å². The first-order valence-electron chi connectivity index (χ1n) is 17.3. The molecular formula is C36H60N2O10. The summed E-state index contributed by atoms with van der Waals surface area (Å²) >= 11 is 0. The minimum Gasteiger partial charge on any atom is -0.459 e. The number of carbonyl (C=O) groups excluding carboxylic acids is 2. The predicted octanol–water partition coefficient (Wildman–Crippen LogP) is 2.19. The maximum Gasteiger partial charge on any atom is 0.311 e. The Morgan fingerprint density at radius 2 is 1.65 bits per heavy atom. The molecule has 1 aromatic carbocycles. The van der Waals surface area contributed by atoms with E-state index in [1.54, 1.807) is 59.0 Å². The van der Waals surface area contributed by atoms with Crippen LogP contribution in [0.3, 0.4) is 0 Å². The van der Waals surface area contributed by atoms with Crippen molar-refractivity contribution >= 4 is 11.9 Å². The first-order valence-corrected chi connectivity index (χ1v) is 17.3. The van der Waals surface area contributed by atoms with Crippen molar-refractivity contribution in [3.63, 3.8) is 0 Å². The molecule has 5 N–H and O–H groups in total. The highest BCUT2D eigenvalue weighted by molar-refractivity contribution is 5.94. The molecule has 12 heteroatoms. The van der Waals surface area contributed by atoms with Gasteiger partial charge in [-0.2, -0.15) is 0 Å². The third kappa shape index (κ3) is 8.95. The lowest BCUT2D eigenvalue weighted by atomic mass is 9.78. The normalized spacial score (nSPS) is 42.7. The average Bonchev–Trinajstić information content (AvgIpc) is 3.04. The number of benzene rings is 1. The SMILES string of the molecule is CC[C@H]1OC(=O)[C@H](C)[C@@H](O)[C@H](C)[C@@H](O[C@@H]2O[C@H](C)C[C@H](N(C)C(=O)c3ccccc3)[C@H]2O)[C@@](C)(O)C[C@@H](C)CN(C)[C@H](C)[C@@H](O)[C@]1(C)O. The standard InChI is InChI=1S/C36H60N2O10/c1-11-27-36(8,45)30(41)24(6)37(9)19-20(2)18-35(7,44)31(22(4)28(39)23(5)33(43)47-27)48-34-29(40)26(17-21(3)46-34)38(10)32(42)25-15-13-12-14-16-25/h12-16,20-24,26-31,34,39-41,44-45H,11,17-19H2,1-10H3/t20-,21-,22+,23-,24-,26+,27-,28+,29-,30-,31-,34+,35+,36-/m1/s1. The third-order valence-corrected chi connectivity index (χ3v) is 10.6. The van der Waals surface area contributed by atoms with E-state index in [-0.39, 0.29) is 24.7 Å². The predicted molar refractivity (Wildman–Crippen MR) is 180 cm³/mol. The molecule has 12 nitrogen and oxygen atoms in total. The molecule has 0 radical (unpaired) electrons. The fraction of sp³-hybridized carbons (Fsp3) is 0.778. The fourth-order valence-corrected chi connectivity index (χ4v) is 7.54. The lowest BCUT2D eigenvalue weighted by molar-refractivity contribution is -0.298. The van der Waals surface area contributed by atoms with E-state index in [2.05, 4.69) is 0 Å². The van der Waals surface area contributed by atoms with Crippen LogP contribution in [0.2, 0.25) is 0 Å². The highest BCUT2D eigenvalue weighted by atomic mass is 16.7. The van der Waals surface area contributed by atoms with Crippen LogP contribution >= 0.6 is 0 Å². The first-order chi connectivity index (χ1) is 22.2. The van der Waals surface area contributed by atoms with Gasteiger partial charge in [0.25, 0.3) is 5.91 Å². The van der Waals surface area contributed by atoms with Crippen LogP contribution in [-0.4, -0.2) is 134 Å². The Morgan fingerprint density at radius 1 is 1.04 bits per heavy atom. The quantitative estimate of drug-likeness (QED) is 0.289. The summed E-state index contributed by atoms with van der Waals surface area (Å²) in [4.78, 5) is 30.1. The van der Waals surface area contributed by atoms with E-state index >= 15 is 0 Å². The number of ether oxygens (including phenoxy) is 3. The van der Waals surface area contributed by atoms with Crippen molar-refractivity contribution in [2.45, 2.75) is 141 Å². The summed E-state index contributed by atoms with van der Waals surface area (Å²) in [5.41, 5.74) is -2.92. The van der Waals surface area contributed by atoms with Gasteiger partial charge in [0.2, 0.25) is 0 Å². The molecule has 0 saturated carbocycles. The van der Waals surface area contributed by atoms with Crippen molar-refractivity contribution in [2.75, 3.05) is 20.6 Å². The van der Waals surface area contributed by atoms with Gasteiger partial charge in [-0.1, -0.05) is 39.0 Å². The van der Waals surface area contributed by atoms with E-state index in [1.165, 1.54) is 18.7 Å². The van der Waals surface area contributed by atoms with Gasteiger partial charge in [0.1, 0.15) is 23.9 Å². The van der Waals surface area contributed by atoms with E-state index in [1.807, 2.05) is 31.9 Å². The number of nitrogens with zero attached hydrogens (tertiary/aromatic N) is 2. The molecular weight excluding hydrogens is 620 g/mol. The maximum atomic E-state index is 13.4. The van der Waals surface area contributed by atoms with E-state index in [0.717, 1.165) is 0 Å². The van der Waals surface area contributed by atoms with Gasteiger partial charge in [0, 0.05) is 31.1 Å². The van der Waals surface area contributed by atoms with Gasteiger partial charge >= 0.3 is 5.97 Å². The largest absolute Gasteiger partial charge is 0.459 e. The zero-order chi connectivity index (χ0) is 36.3. The van der Waals surface area contributed by atoms with Gasteiger partial charge in [0.15, 0.2) is 6.29 Å². The van der Waals surface area contributed by atoms with Crippen molar-refractivity contribution in [1.82, 2.24) is 9.80 Å². The molecule has 2 aliphatic rings. The van der Waals surface area contributed by atoms with Crippen LogP contribution in [0.1, 0.15) is 85.0 Å². The van der Waals surface area contributed by atoms with Crippen LogP contribution in [0.5, 0.6) is 0 Å². The molecule has 3 rings (SSSR count). The summed E-state index contributed by atoms with van der Waals surface area (Å²) in [5.74, 6) is -3.20. The van der Waals surface area contributed by atoms with Crippen LogP contribution in [0, 0.1) is 17.8 Å². The van der Waals surface area contributed by atoms with E-state index in [0.29, 0.717) is 18.5 Å². The molecule has 274 valence electrons. The van der Waals surface area contributed by atoms with Crippen molar-refractivity contribution in [3.8, 4) is 0 Å². The lowest BCUT2D eigenvalue weighted by Gasteiger charge is -2.47. The molecule has 2 aliphatic heterocycles. The van der Waals surface area contributed by atoms with Crippen molar-refractivity contribution in [2.24, 2.45) is 17.8 Å². The molecule has 0 unspecified atom stereocenters. The Morgan fingerprint density at radius 3 is 2.23 bits per heavy atom. The first kappa shape index (κ1) is 40.3. The van der Waals surface area contributed by atoms with Gasteiger partial charge < -0.3 is 49.5 Å². The summed E-state index contributed by atoms with van der Waals surface area (Å²) < 4.78 is 18.3. The fourth-order valence-electron chi connectivity index (χ4n) is 7.54. The topological polar surface area (TPSA) is 169 Å². The number of amides is 1. The number of hydrogen-bond acceptors (Lipinski definition) is 11. The molecule has 0 aliphatic carbocycles. The lowest BCUT2D eigenvalue weighted by Crippen LogP contribution is -2.60. The molecule has 14 atom stereocenters. The highest BCUT2D eigenvalue weighted by Crippen LogP contribution is 2.37. The number of carbonyl (C=O) groups is 2.